The predicted molar refractivity (Wildman–Crippen MR) is 47.1 cm³/mol. The molecule has 4 unspecified atom stereocenters. The molecule has 0 aromatic rings. The standard InChI is InChI=1S/C10H15NO2/c1-2-11-5-6-7-3-4-8(13-7)9(6)10(11)12/h6-9H,2-5H2,1H3. The summed E-state index contributed by atoms with van der Waals surface area (Å²) in [6.07, 6.45) is 2.95. The zero-order valence-corrected chi connectivity index (χ0v) is 7.90. The summed E-state index contributed by atoms with van der Waals surface area (Å²) in [5, 5.41) is 0. The van der Waals surface area contributed by atoms with E-state index < -0.39 is 0 Å². The first-order valence-electron chi connectivity index (χ1n) is 5.25. The van der Waals surface area contributed by atoms with Crippen molar-refractivity contribution in [2.75, 3.05) is 13.1 Å². The van der Waals surface area contributed by atoms with Gasteiger partial charge in [-0.2, -0.15) is 0 Å². The quantitative estimate of drug-likeness (QED) is 0.594. The molecular weight excluding hydrogens is 166 g/mol. The summed E-state index contributed by atoms with van der Waals surface area (Å²) in [4.78, 5) is 13.8. The average molecular weight is 181 g/mol. The van der Waals surface area contributed by atoms with Crippen LogP contribution in [0.25, 0.3) is 0 Å². The monoisotopic (exact) mass is 181 g/mol. The van der Waals surface area contributed by atoms with Crippen molar-refractivity contribution in [1.82, 2.24) is 4.90 Å². The first kappa shape index (κ1) is 7.80. The first-order valence-corrected chi connectivity index (χ1v) is 5.25. The summed E-state index contributed by atoms with van der Waals surface area (Å²) < 4.78 is 5.76. The van der Waals surface area contributed by atoms with E-state index in [0.717, 1.165) is 19.5 Å². The van der Waals surface area contributed by atoms with Gasteiger partial charge in [-0.1, -0.05) is 0 Å². The fourth-order valence-electron chi connectivity index (χ4n) is 3.19. The van der Waals surface area contributed by atoms with Gasteiger partial charge >= 0.3 is 0 Å². The highest BCUT2D eigenvalue weighted by Gasteiger charge is 2.57. The van der Waals surface area contributed by atoms with E-state index in [1.54, 1.807) is 0 Å². The molecule has 0 spiro atoms. The second-order valence-electron chi connectivity index (χ2n) is 4.36. The lowest BCUT2D eigenvalue weighted by atomic mass is 9.81. The zero-order valence-electron chi connectivity index (χ0n) is 7.90. The van der Waals surface area contributed by atoms with Gasteiger partial charge in [0.25, 0.3) is 0 Å². The lowest BCUT2D eigenvalue weighted by molar-refractivity contribution is -0.132. The van der Waals surface area contributed by atoms with Crippen LogP contribution in [-0.4, -0.2) is 36.1 Å². The molecular formula is C10H15NO2. The molecule has 72 valence electrons. The maximum Gasteiger partial charge on any atom is 0.228 e. The van der Waals surface area contributed by atoms with E-state index in [1.807, 2.05) is 4.90 Å². The van der Waals surface area contributed by atoms with Gasteiger partial charge in [0.15, 0.2) is 0 Å². The highest BCUT2D eigenvalue weighted by atomic mass is 16.5. The number of hydrogen-bond acceptors (Lipinski definition) is 2. The van der Waals surface area contributed by atoms with Crippen LogP contribution in [0.15, 0.2) is 0 Å². The lowest BCUT2D eigenvalue weighted by Gasteiger charge is -2.16. The number of carbonyl (C=O) groups is 1. The minimum Gasteiger partial charge on any atom is -0.374 e. The Labute approximate surface area is 78.0 Å². The maximum atomic E-state index is 11.9. The van der Waals surface area contributed by atoms with E-state index in [1.165, 1.54) is 6.42 Å². The van der Waals surface area contributed by atoms with E-state index in [-0.39, 0.29) is 12.0 Å². The van der Waals surface area contributed by atoms with Crippen molar-refractivity contribution in [1.29, 1.82) is 0 Å². The number of amides is 1. The van der Waals surface area contributed by atoms with Gasteiger partial charge in [-0.05, 0) is 19.8 Å². The van der Waals surface area contributed by atoms with Crippen LogP contribution >= 0.6 is 0 Å². The van der Waals surface area contributed by atoms with Crippen molar-refractivity contribution >= 4 is 5.91 Å². The molecule has 3 aliphatic heterocycles. The van der Waals surface area contributed by atoms with Gasteiger partial charge in [-0.15, -0.1) is 0 Å². The zero-order chi connectivity index (χ0) is 9.00. The van der Waals surface area contributed by atoms with Crippen molar-refractivity contribution in [3.8, 4) is 0 Å². The molecule has 3 saturated heterocycles. The number of hydrogen-bond donors (Lipinski definition) is 0. The van der Waals surface area contributed by atoms with Crippen molar-refractivity contribution in [2.24, 2.45) is 11.8 Å². The van der Waals surface area contributed by atoms with Crippen molar-refractivity contribution in [3.63, 3.8) is 0 Å². The molecule has 1 amide bonds. The van der Waals surface area contributed by atoms with Gasteiger partial charge < -0.3 is 9.64 Å². The lowest BCUT2D eigenvalue weighted by Crippen LogP contribution is -2.31. The molecule has 0 radical (unpaired) electrons. The van der Waals surface area contributed by atoms with Crippen molar-refractivity contribution in [3.05, 3.63) is 0 Å². The van der Waals surface area contributed by atoms with E-state index in [4.69, 9.17) is 4.74 Å². The first-order chi connectivity index (χ1) is 6.31. The van der Waals surface area contributed by atoms with Crippen LogP contribution in [0.5, 0.6) is 0 Å². The van der Waals surface area contributed by atoms with E-state index >= 15 is 0 Å². The largest absolute Gasteiger partial charge is 0.374 e. The van der Waals surface area contributed by atoms with Crippen LogP contribution < -0.4 is 0 Å². The Morgan fingerprint density at radius 3 is 2.92 bits per heavy atom. The number of ether oxygens (including phenoxy) is 1. The van der Waals surface area contributed by atoms with Crippen LogP contribution in [0.4, 0.5) is 0 Å². The van der Waals surface area contributed by atoms with Gasteiger partial charge in [0.2, 0.25) is 5.91 Å². The minimum atomic E-state index is 0.221. The molecule has 3 nitrogen and oxygen atoms in total. The van der Waals surface area contributed by atoms with Crippen LogP contribution in [0, 0.1) is 11.8 Å². The molecule has 3 rings (SSSR count). The Kier molecular flexibility index (Phi) is 1.48. The summed E-state index contributed by atoms with van der Waals surface area (Å²) in [6, 6.07) is 0. The smallest absolute Gasteiger partial charge is 0.228 e. The second-order valence-corrected chi connectivity index (χ2v) is 4.36. The van der Waals surface area contributed by atoms with Gasteiger partial charge in [-0.25, -0.2) is 0 Å². The Morgan fingerprint density at radius 2 is 2.23 bits per heavy atom. The molecule has 13 heavy (non-hydrogen) atoms. The number of nitrogens with zero attached hydrogens (tertiary/aromatic N) is 1. The highest BCUT2D eigenvalue weighted by molar-refractivity contribution is 5.82. The van der Waals surface area contributed by atoms with Crippen LogP contribution in [0.3, 0.4) is 0 Å². The van der Waals surface area contributed by atoms with Gasteiger partial charge in [0, 0.05) is 19.0 Å². The fraction of sp³-hybridized carbons (Fsp3) is 0.900. The molecule has 2 bridgehead atoms. The van der Waals surface area contributed by atoms with Gasteiger partial charge in [-0.3, -0.25) is 4.79 Å². The number of likely N-dealkylation sites (tertiary alicyclic amines) is 1. The topological polar surface area (TPSA) is 29.5 Å². The van der Waals surface area contributed by atoms with Crippen LogP contribution in [-0.2, 0) is 9.53 Å². The third-order valence-electron chi connectivity index (χ3n) is 3.83. The maximum absolute atomic E-state index is 11.9. The Balaban J connectivity index is 1.88. The summed E-state index contributed by atoms with van der Waals surface area (Å²) in [7, 11) is 0. The van der Waals surface area contributed by atoms with Crippen molar-refractivity contribution in [2.45, 2.75) is 32.0 Å². The Bertz CT molecular complexity index is 253. The third-order valence-corrected chi connectivity index (χ3v) is 3.83. The van der Waals surface area contributed by atoms with E-state index in [9.17, 15) is 4.79 Å². The van der Waals surface area contributed by atoms with E-state index in [2.05, 4.69) is 6.92 Å². The third kappa shape index (κ3) is 0.857. The second kappa shape index (κ2) is 2.47. The predicted octanol–water partition coefficient (Wildman–Crippen LogP) is 0.642. The molecule has 0 saturated carbocycles. The molecule has 0 N–H and O–H groups in total. The fourth-order valence-corrected chi connectivity index (χ4v) is 3.19. The van der Waals surface area contributed by atoms with Crippen molar-refractivity contribution < 1.29 is 9.53 Å². The van der Waals surface area contributed by atoms with E-state index in [0.29, 0.717) is 17.9 Å². The number of carbonyl (C=O) groups excluding carboxylic acids is 1. The van der Waals surface area contributed by atoms with Crippen LogP contribution in [0.1, 0.15) is 19.8 Å². The normalized spacial score (nSPS) is 47.5. The summed E-state index contributed by atoms with van der Waals surface area (Å²) in [6.45, 7) is 3.87. The number of rotatable bonds is 1. The SMILES string of the molecule is CCN1CC2C3CCC(O3)C2C1=O. The highest BCUT2D eigenvalue weighted by Crippen LogP contribution is 2.47. The number of fused-ring (bicyclic) bond motifs is 5. The summed E-state index contributed by atoms with van der Waals surface area (Å²) >= 11 is 0. The molecule has 0 aromatic heterocycles. The molecule has 0 aliphatic carbocycles. The average Bonchev–Trinajstić information content (AvgIpc) is 2.76. The Morgan fingerprint density at radius 1 is 1.46 bits per heavy atom. The van der Waals surface area contributed by atoms with Gasteiger partial charge in [0.05, 0.1) is 18.1 Å². The molecule has 3 aliphatic rings. The molecule has 3 heteroatoms. The molecule has 3 heterocycles. The molecule has 0 aromatic carbocycles. The minimum absolute atomic E-state index is 0.221. The molecule has 3 fully saturated rings. The van der Waals surface area contributed by atoms with Gasteiger partial charge in [0.1, 0.15) is 0 Å². The molecule has 4 atom stereocenters. The Hall–Kier alpha value is -0.570. The summed E-state index contributed by atoms with van der Waals surface area (Å²) in [5.74, 6) is 1.09. The summed E-state index contributed by atoms with van der Waals surface area (Å²) in [5.41, 5.74) is 0. The van der Waals surface area contributed by atoms with Crippen LogP contribution in [0.2, 0.25) is 0 Å².